The molecule has 0 unspecified atom stereocenters. The third-order valence-corrected chi connectivity index (χ3v) is 6.05. The molecule has 2 aromatic heterocycles. The van der Waals surface area contributed by atoms with Gasteiger partial charge in [-0.2, -0.15) is 0 Å². The van der Waals surface area contributed by atoms with E-state index in [2.05, 4.69) is 37.6 Å². The molecule has 5 rings (SSSR count). The maximum absolute atomic E-state index is 12.5. The summed E-state index contributed by atoms with van der Waals surface area (Å²) in [5.41, 5.74) is 1.44. The van der Waals surface area contributed by atoms with Gasteiger partial charge in [0.05, 0.1) is 6.54 Å². The molecule has 7 heteroatoms. The molecule has 2 fully saturated rings. The number of aromatic amines is 1. The zero-order valence-electron chi connectivity index (χ0n) is 14.0. The van der Waals surface area contributed by atoms with Crippen LogP contribution >= 0.6 is 15.9 Å². The number of halogens is 1. The number of likely N-dealkylation sites (tertiary alicyclic amines) is 2. The van der Waals surface area contributed by atoms with Gasteiger partial charge < -0.3 is 9.40 Å². The van der Waals surface area contributed by atoms with E-state index >= 15 is 0 Å². The molecule has 0 spiro atoms. The summed E-state index contributed by atoms with van der Waals surface area (Å²) in [7, 11) is 0. The molecule has 130 valence electrons. The van der Waals surface area contributed by atoms with Crippen molar-refractivity contribution >= 4 is 38.0 Å². The van der Waals surface area contributed by atoms with Crippen molar-refractivity contribution in [3.05, 3.63) is 38.9 Å². The van der Waals surface area contributed by atoms with Gasteiger partial charge in [-0.15, -0.1) is 0 Å². The summed E-state index contributed by atoms with van der Waals surface area (Å²) in [6.07, 6.45) is 1.22. The Kier molecular flexibility index (Phi) is 3.52. The van der Waals surface area contributed by atoms with Crippen molar-refractivity contribution < 1.29 is 4.42 Å². The first-order valence-electron chi connectivity index (χ1n) is 8.71. The van der Waals surface area contributed by atoms with Crippen LogP contribution in [0.4, 0.5) is 0 Å². The molecule has 1 N–H and O–H groups in total. The van der Waals surface area contributed by atoms with Gasteiger partial charge in [0, 0.05) is 35.0 Å². The summed E-state index contributed by atoms with van der Waals surface area (Å²) < 4.78 is 6.64. The maximum Gasteiger partial charge on any atom is 0.294 e. The SMILES string of the molecule is CCN1C[C@H]2C[C@@H]1CN2Cc1nc2c(oc3ccc(Br)cc32)c(=O)[nH]1. The van der Waals surface area contributed by atoms with Gasteiger partial charge in [0.1, 0.15) is 16.9 Å². The summed E-state index contributed by atoms with van der Waals surface area (Å²) in [6, 6.07) is 6.94. The van der Waals surface area contributed by atoms with Crippen LogP contribution in [0.15, 0.2) is 31.9 Å². The minimum Gasteiger partial charge on any atom is -0.449 e. The largest absolute Gasteiger partial charge is 0.449 e. The topological polar surface area (TPSA) is 65.4 Å². The zero-order valence-corrected chi connectivity index (χ0v) is 15.5. The second-order valence-corrected chi connectivity index (χ2v) is 7.91. The minimum absolute atomic E-state index is 0.202. The van der Waals surface area contributed by atoms with E-state index in [4.69, 9.17) is 9.40 Å². The number of furan rings is 1. The molecule has 2 aliphatic heterocycles. The lowest BCUT2D eigenvalue weighted by Gasteiger charge is -2.33. The van der Waals surface area contributed by atoms with E-state index in [1.165, 1.54) is 6.42 Å². The predicted molar refractivity (Wildman–Crippen MR) is 99.7 cm³/mol. The molecule has 2 aliphatic rings. The van der Waals surface area contributed by atoms with Gasteiger partial charge >= 0.3 is 0 Å². The Morgan fingerprint density at radius 2 is 2.12 bits per heavy atom. The fraction of sp³-hybridized carbons (Fsp3) is 0.444. The maximum atomic E-state index is 12.5. The normalized spacial score (nSPS) is 24.1. The van der Waals surface area contributed by atoms with Crippen LogP contribution in [0.1, 0.15) is 19.2 Å². The molecule has 1 aromatic carbocycles. The first kappa shape index (κ1) is 15.5. The molecule has 0 radical (unpaired) electrons. The number of H-pyrrole nitrogens is 1. The van der Waals surface area contributed by atoms with E-state index in [0.29, 0.717) is 35.3 Å². The molecule has 4 heterocycles. The van der Waals surface area contributed by atoms with E-state index < -0.39 is 0 Å². The number of hydrogen-bond donors (Lipinski definition) is 1. The number of aromatic nitrogens is 2. The van der Waals surface area contributed by atoms with Crippen molar-refractivity contribution in [2.75, 3.05) is 19.6 Å². The van der Waals surface area contributed by atoms with Gasteiger partial charge in [0.15, 0.2) is 0 Å². The van der Waals surface area contributed by atoms with Crippen molar-refractivity contribution in [1.29, 1.82) is 0 Å². The standard InChI is InChI=1S/C18H19BrN4O2/c1-2-22-7-12-6-11(22)8-23(12)9-15-20-16-13-5-10(19)3-4-14(13)25-17(16)18(24)21-15/h3-5,11-12H,2,6-9H2,1H3,(H,20,21,24)/t11-,12-/m1/s1. The molecule has 2 bridgehead atoms. The van der Waals surface area contributed by atoms with E-state index in [-0.39, 0.29) is 5.56 Å². The van der Waals surface area contributed by atoms with Crippen molar-refractivity contribution in [2.45, 2.75) is 32.0 Å². The summed E-state index contributed by atoms with van der Waals surface area (Å²) in [5, 5.41) is 0.872. The van der Waals surface area contributed by atoms with Crippen LogP contribution in [0.25, 0.3) is 22.1 Å². The lowest BCUT2D eigenvalue weighted by molar-refractivity contribution is 0.125. The Labute approximate surface area is 152 Å². The van der Waals surface area contributed by atoms with Crippen molar-refractivity contribution in [1.82, 2.24) is 19.8 Å². The highest BCUT2D eigenvalue weighted by atomic mass is 79.9. The number of hydrogen-bond acceptors (Lipinski definition) is 5. The predicted octanol–water partition coefficient (Wildman–Crippen LogP) is 2.71. The van der Waals surface area contributed by atoms with Crippen LogP contribution in [0.2, 0.25) is 0 Å². The number of benzene rings is 1. The minimum atomic E-state index is -0.202. The van der Waals surface area contributed by atoms with Gasteiger partial charge in [-0.3, -0.25) is 14.6 Å². The van der Waals surface area contributed by atoms with Gasteiger partial charge in [0.2, 0.25) is 5.58 Å². The smallest absolute Gasteiger partial charge is 0.294 e. The molecule has 2 saturated heterocycles. The quantitative estimate of drug-likeness (QED) is 0.729. The average Bonchev–Trinajstić information content (AvgIpc) is 3.27. The molecule has 0 saturated carbocycles. The van der Waals surface area contributed by atoms with E-state index in [9.17, 15) is 4.79 Å². The molecule has 6 nitrogen and oxygen atoms in total. The summed E-state index contributed by atoms with van der Waals surface area (Å²) in [6.45, 7) is 6.20. The lowest BCUT2D eigenvalue weighted by Crippen LogP contribution is -2.45. The van der Waals surface area contributed by atoms with Crippen LogP contribution in [0.3, 0.4) is 0 Å². The van der Waals surface area contributed by atoms with E-state index in [0.717, 1.165) is 35.3 Å². The van der Waals surface area contributed by atoms with Crippen LogP contribution in [-0.2, 0) is 6.54 Å². The molecule has 0 aliphatic carbocycles. The van der Waals surface area contributed by atoms with Crippen LogP contribution in [0.5, 0.6) is 0 Å². The lowest BCUT2D eigenvalue weighted by atomic mass is 10.2. The van der Waals surface area contributed by atoms with Crippen LogP contribution in [-0.4, -0.2) is 51.5 Å². The molecule has 0 amide bonds. The van der Waals surface area contributed by atoms with Gasteiger partial charge in [-0.1, -0.05) is 22.9 Å². The van der Waals surface area contributed by atoms with Gasteiger partial charge in [0.25, 0.3) is 5.56 Å². The highest BCUT2D eigenvalue weighted by molar-refractivity contribution is 9.10. The molecular formula is C18H19BrN4O2. The number of fused-ring (bicyclic) bond motifs is 5. The Hall–Kier alpha value is -1.70. The highest BCUT2D eigenvalue weighted by Crippen LogP contribution is 2.32. The number of piperazine rings is 1. The number of nitrogens with zero attached hydrogens (tertiary/aromatic N) is 3. The Morgan fingerprint density at radius 1 is 1.32 bits per heavy atom. The summed E-state index contributed by atoms with van der Waals surface area (Å²) in [5.74, 6) is 0.718. The second kappa shape index (κ2) is 5.65. The fourth-order valence-corrected chi connectivity index (χ4v) is 4.71. The number of likely N-dealkylation sites (N-methyl/N-ethyl adjacent to an activating group) is 1. The molecule has 3 aromatic rings. The highest BCUT2D eigenvalue weighted by Gasteiger charge is 2.42. The van der Waals surface area contributed by atoms with Crippen molar-refractivity contribution in [3.8, 4) is 0 Å². The second-order valence-electron chi connectivity index (χ2n) is 6.99. The average molecular weight is 403 g/mol. The molecule has 25 heavy (non-hydrogen) atoms. The third-order valence-electron chi connectivity index (χ3n) is 5.56. The molecule has 2 atom stereocenters. The fourth-order valence-electron chi connectivity index (χ4n) is 4.35. The van der Waals surface area contributed by atoms with Crippen LogP contribution in [0, 0.1) is 0 Å². The van der Waals surface area contributed by atoms with Gasteiger partial charge in [-0.05, 0) is 31.2 Å². The summed E-state index contributed by atoms with van der Waals surface area (Å²) in [4.78, 5) is 25.1. The third kappa shape index (κ3) is 2.45. The Morgan fingerprint density at radius 3 is 2.88 bits per heavy atom. The Balaban J connectivity index is 1.51. The van der Waals surface area contributed by atoms with Gasteiger partial charge in [-0.25, -0.2) is 4.98 Å². The number of nitrogens with one attached hydrogen (secondary N) is 1. The monoisotopic (exact) mass is 402 g/mol. The number of rotatable bonds is 3. The Bertz CT molecular complexity index is 1030. The first-order valence-corrected chi connectivity index (χ1v) is 9.50. The zero-order chi connectivity index (χ0) is 17.1. The van der Waals surface area contributed by atoms with Crippen LogP contribution < -0.4 is 5.56 Å². The van der Waals surface area contributed by atoms with E-state index in [1.54, 1.807) is 0 Å². The first-order chi connectivity index (χ1) is 12.1. The molecular weight excluding hydrogens is 384 g/mol. The van der Waals surface area contributed by atoms with Crippen molar-refractivity contribution in [2.24, 2.45) is 0 Å². The summed E-state index contributed by atoms with van der Waals surface area (Å²) >= 11 is 3.48. The van der Waals surface area contributed by atoms with Crippen molar-refractivity contribution in [3.63, 3.8) is 0 Å². The van der Waals surface area contributed by atoms with E-state index in [1.807, 2.05) is 18.2 Å².